The lowest BCUT2D eigenvalue weighted by Gasteiger charge is -2.23. The molecule has 7 nitrogen and oxygen atoms in total. The van der Waals surface area contributed by atoms with Crippen molar-refractivity contribution < 1.29 is 14.3 Å². The fourth-order valence-corrected chi connectivity index (χ4v) is 3.71. The molecule has 7 heteroatoms. The van der Waals surface area contributed by atoms with E-state index >= 15 is 0 Å². The SMILES string of the molecule is CCCOc1ccc(-c2nn(-c3ccccc3)cc2/C=C2/C(=O)N(C)C(=O)C(C#N)=C2C)cc1. The molecular formula is C27H24N4O3. The lowest BCUT2D eigenvalue weighted by molar-refractivity contribution is -0.138. The second-order valence-corrected chi connectivity index (χ2v) is 7.93. The molecule has 0 N–H and O–H groups in total. The van der Waals surface area contributed by atoms with E-state index in [1.54, 1.807) is 17.7 Å². The number of hydrogen-bond acceptors (Lipinski definition) is 5. The average molecular weight is 453 g/mol. The zero-order valence-corrected chi connectivity index (χ0v) is 19.3. The molecule has 0 aliphatic carbocycles. The van der Waals surface area contributed by atoms with Crippen LogP contribution in [-0.2, 0) is 9.59 Å². The summed E-state index contributed by atoms with van der Waals surface area (Å²) in [6, 6.07) is 19.2. The minimum absolute atomic E-state index is 0.0391. The van der Waals surface area contributed by atoms with Crippen molar-refractivity contribution in [1.29, 1.82) is 5.26 Å². The van der Waals surface area contributed by atoms with E-state index in [9.17, 15) is 14.9 Å². The Morgan fingerprint density at radius 3 is 2.41 bits per heavy atom. The Labute approximate surface area is 198 Å². The first kappa shape index (κ1) is 22.7. The fourth-order valence-electron chi connectivity index (χ4n) is 3.71. The highest BCUT2D eigenvalue weighted by Gasteiger charge is 2.33. The van der Waals surface area contributed by atoms with Crippen LogP contribution < -0.4 is 4.74 Å². The van der Waals surface area contributed by atoms with Gasteiger partial charge in [-0.2, -0.15) is 10.4 Å². The van der Waals surface area contributed by atoms with E-state index in [1.807, 2.05) is 66.9 Å². The van der Waals surface area contributed by atoms with Gasteiger partial charge in [0.05, 0.1) is 18.0 Å². The molecule has 1 aromatic heterocycles. The van der Waals surface area contributed by atoms with E-state index in [0.29, 0.717) is 23.4 Å². The number of imide groups is 1. The Morgan fingerprint density at radius 2 is 1.76 bits per heavy atom. The van der Waals surface area contributed by atoms with Gasteiger partial charge in [-0.3, -0.25) is 14.5 Å². The molecule has 0 radical (unpaired) electrons. The van der Waals surface area contributed by atoms with Gasteiger partial charge in [0, 0.05) is 29.9 Å². The molecule has 2 aromatic carbocycles. The average Bonchev–Trinajstić information content (AvgIpc) is 3.29. The number of ether oxygens (including phenoxy) is 1. The second kappa shape index (κ2) is 9.59. The molecule has 0 unspecified atom stereocenters. The van der Waals surface area contributed by atoms with Gasteiger partial charge >= 0.3 is 0 Å². The third kappa shape index (κ3) is 4.26. The highest BCUT2D eigenvalue weighted by atomic mass is 16.5. The number of likely N-dealkylation sites (N-methyl/N-ethyl adjacent to an activating group) is 1. The molecule has 0 bridgehead atoms. The lowest BCUT2D eigenvalue weighted by Crippen LogP contribution is -2.39. The van der Waals surface area contributed by atoms with Gasteiger partial charge in [-0.15, -0.1) is 0 Å². The third-order valence-corrected chi connectivity index (χ3v) is 5.61. The Balaban J connectivity index is 1.86. The Bertz CT molecular complexity index is 1340. The highest BCUT2D eigenvalue weighted by Crippen LogP contribution is 2.31. The Hall–Kier alpha value is -4.44. The summed E-state index contributed by atoms with van der Waals surface area (Å²) in [5.74, 6) is -0.277. The van der Waals surface area contributed by atoms with Gasteiger partial charge in [-0.05, 0) is 61.4 Å². The summed E-state index contributed by atoms with van der Waals surface area (Å²) >= 11 is 0. The largest absolute Gasteiger partial charge is 0.494 e. The summed E-state index contributed by atoms with van der Waals surface area (Å²) in [7, 11) is 1.38. The van der Waals surface area contributed by atoms with Crippen LogP contribution in [0.15, 0.2) is 77.5 Å². The molecule has 0 spiro atoms. The van der Waals surface area contributed by atoms with Gasteiger partial charge < -0.3 is 4.74 Å². The van der Waals surface area contributed by atoms with Crippen LogP contribution in [0.1, 0.15) is 25.8 Å². The molecule has 1 aliphatic rings. The lowest BCUT2D eigenvalue weighted by atomic mass is 9.93. The number of amides is 2. The normalized spacial score (nSPS) is 15.1. The molecule has 0 fully saturated rings. The number of para-hydroxylation sites is 1. The van der Waals surface area contributed by atoms with Crippen LogP contribution in [0, 0.1) is 11.3 Å². The van der Waals surface area contributed by atoms with E-state index in [-0.39, 0.29) is 11.1 Å². The number of nitrogens with zero attached hydrogens (tertiary/aromatic N) is 4. The topological polar surface area (TPSA) is 88.2 Å². The van der Waals surface area contributed by atoms with E-state index in [1.165, 1.54) is 7.05 Å². The van der Waals surface area contributed by atoms with E-state index in [4.69, 9.17) is 9.84 Å². The van der Waals surface area contributed by atoms with Crippen molar-refractivity contribution in [3.8, 4) is 28.8 Å². The summed E-state index contributed by atoms with van der Waals surface area (Å²) in [6.45, 7) is 4.31. The van der Waals surface area contributed by atoms with Crippen molar-refractivity contribution >= 4 is 17.9 Å². The quantitative estimate of drug-likeness (QED) is 0.404. The predicted molar refractivity (Wildman–Crippen MR) is 129 cm³/mol. The smallest absolute Gasteiger partial charge is 0.271 e. The number of nitriles is 1. The first-order chi connectivity index (χ1) is 16.4. The molecule has 2 amide bonds. The maximum atomic E-state index is 12.9. The van der Waals surface area contributed by atoms with Crippen molar-refractivity contribution in [2.45, 2.75) is 20.3 Å². The Morgan fingerprint density at radius 1 is 1.06 bits per heavy atom. The molecule has 0 saturated carbocycles. The van der Waals surface area contributed by atoms with E-state index < -0.39 is 11.8 Å². The maximum Gasteiger partial charge on any atom is 0.271 e. The van der Waals surface area contributed by atoms with Crippen molar-refractivity contribution in [3.05, 3.63) is 83.1 Å². The van der Waals surface area contributed by atoms with Crippen LogP contribution in [0.2, 0.25) is 0 Å². The van der Waals surface area contributed by atoms with E-state index in [2.05, 4.69) is 6.92 Å². The first-order valence-electron chi connectivity index (χ1n) is 11.0. The fraction of sp³-hybridized carbons (Fsp3) is 0.185. The number of benzene rings is 2. The molecule has 3 aromatic rings. The maximum absolute atomic E-state index is 12.9. The van der Waals surface area contributed by atoms with Gasteiger partial charge in [-0.25, -0.2) is 4.68 Å². The van der Waals surface area contributed by atoms with Gasteiger partial charge in [0.15, 0.2) is 0 Å². The summed E-state index contributed by atoms with van der Waals surface area (Å²) in [6.07, 6.45) is 4.45. The third-order valence-electron chi connectivity index (χ3n) is 5.61. The van der Waals surface area contributed by atoms with Gasteiger partial charge in [0.2, 0.25) is 0 Å². The molecule has 0 saturated heterocycles. The number of aromatic nitrogens is 2. The van der Waals surface area contributed by atoms with Gasteiger partial charge in [-0.1, -0.05) is 25.1 Å². The predicted octanol–water partition coefficient (Wildman–Crippen LogP) is 4.55. The van der Waals surface area contributed by atoms with Gasteiger partial charge in [0.1, 0.15) is 17.4 Å². The van der Waals surface area contributed by atoms with Crippen LogP contribution in [0.3, 0.4) is 0 Å². The molecule has 4 rings (SSSR count). The van der Waals surface area contributed by atoms with Crippen LogP contribution in [-0.4, -0.2) is 40.1 Å². The van der Waals surface area contributed by atoms with Crippen LogP contribution in [0.25, 0.3) is 23.0 Å². The molecule has 2 heterocycles. The highest BCUT2D eigenvalue weighted by molar-refractivity contribution is 6.19. The van der Waals surface area contributed by atoms with Gasteiger partial charge in [0.25, 0.3) is 11.8 Å². The summed E-state index contributed by atoms with van der Waals surface area (Å²) < 4.78 is 7.44. The van der Waals surface area contributed by atoms with Crippen molar-refractivity contribution in [3.63, 3.8) is 0 Å². The zero-order chi connectivity index (χ0) is 24.2. The Kier molecular flexibility index (Phi) is 6.42. The van der Waals surface area contributed by atoms with Crippen LogP contribution >= 0.6 is 0 Å². The summed E-state index contributed by atoms with van der Waals surface area (Å²) in [4.78, 5) is 26.2. The first-order valence-corrected chi connectivity index (χ1v) is 11.0. The number of hydrogen-bond donors (Lipinski definition) is 0. The zero-order valence-electron chi connectivity index (χ0n) is 19.3. The minimum Gasteiger partial charge on any atom is -0.494 e. The summed E-state index contributed by atoms with van der Waals surface area (Å²) in [5, 5.41) is 14.3. The molecule has 170 valence electrons. The standard InChI is InChI=1S/C27H24N4O3/c1-4-14-34-22-12-10-19(11-13-22)25-20(17-31(29-25)21-8-6-5-7-9-21)15-23-18(2)24(16-28)27(33)30(3)26(23)32/h5-13,15,17H,4,14H2,1-3H3/b23-15+. The number of rotatable bonds is 6. The number of carbonyl (C=O) groups is 2. The second-order valence-electron chi connectivity index (χ2n) is 7.93. The van der Waals surface area contributed by atoms with Crippen LogP contribution in [0.4, 0.5) is 0 Å². The molecule has 1 aliphatic heterocycles. The van der Waals surface area contributed by atoms with Crippen LogP contribution in [0.5, 0.6) is 5.75 Å². The van der Waals surface area contributed by atoms with Crippen molar-refractivity contribution in [1.82, 2.24) is 14.7 Å². The van der Waals surface area contributed by atoms with E-state index in [0.717, 1.165) is 28.3 Å². The monoisotopic (exact) mass is 452 g/mol. The molecule has 0 atom stereocenters. The molecule has 34 heavy (non-hydrogen) atoms. The summed E-state index contributed by atoms with van der Waals surface area (Å²) in [5.41, 5.74) is 3.67. The molecular weight excluding hydrogens is 428 g/mol. The van der Waals surface area contributed by atoms with Crippen molar-refractivity contribution in [2.75, 3.05) is 13.7 Å². The van der Waals surface area contributed by atoms with Crippen molar-refractivity contribution in [2.24, 2.45) is 0 Å². The minimum atomic E-state index is -0.593. The number of carbonyl (C=O) groups excluding carboxylic acids is 2.